The van der Waals surface area contributed by atoms with Gasteiger partial charge in [0, 0.05) is 10.9 Å². The van der Waals surface area contributed by atoms with Gasteiger partial charge < -0.3 is 5.73 Å². The average Bonchev–Trinajstić information content (AvgIpc) is 2.86. The summed E-state index contributed by atoms with van der Waals surface area (Å²) in [5.74, 6) is -2.13. The molecule has 0 spiro atoms. The number of alkyl halides is 3. The highest BCUT2D eigenvalue weighted by Gasteiger charge is 2.34. The summed E-state index contributed by atoms with van der Waals surface area (Å²) >= 11 is 1.14. The Kier molecular flexibility index (Phi) is 4.11. The van der Waals surface area contributed by atoms with Gasteiger partial charge in [0.25, 0.3) is 0 Å². The van der Waals surface area contributed by atoms with Gasteiger partial charge in [-0.1, -0.05) is 0 Å². The normalized spacial score (nSPS) is 13.2. The molecule has 8 heteroatoms. The summed E-state index contributed by atoms with van der Waals surface area (Å²) in [5, 5.41) is 1.91. The molecule has 1 heterocycles. The molecule has 0 saturated heterocycles. The third kappa shape index (κ3) is 3.27. The molecule has 0 radical (unpaired) electrons. The minimum Gasteiger partial charge on any atom is -0.322 e. The summed E-state index contributed by atoms with van der Waals surface area (Å²) in [7, 11) is 0. The van der Waals surface area contributed by atoms with Crippen molar-refractivity contribution in [2.75, 3.05) is 0 Å². The van der Waals surface area contributed by atoms with E-state index in [0.29, 0.717) is 17.1 Å². The van der Waals surface area contributed by atoms with E-state index >= 15 is 0 Å². The van der Waals surface area contributed by atoms with E-state index in [2.05, 4.69) is 4.98 Å². The van der Waals surface area contributed by atoms with Crippen LogP contribution in [0.4, 0.5) is 17.6 Å². The fourth-order valence-corrected chi connectivity index (χ4v) is 2.39. The molecule has 1 aromatic heterocycles. The Morgan fingerprint density at radius 3 is 2.57 bits per heavy atom. The van der Waals surface area contributed by atoms with Crippen molar-refractivity contribution in [3.05, 3.63) is 51.2 Å². The molecule has 3 nitrogen and oxygen atoms in total. The van der Waals surface area contributed by atoms with Crippen molar-refractivity contribution < 1.29 is 22.4 Å². The Balaban J connectivity index is 2.39. The van der Waals surface area contributed by atoms with Gasteiger partial charge in [0.1, 0.15) is 16.5 Å². The lowest BCUT2D eigenvalue weighted by atomic mass is 10.0. The van der Waals surface area contributed by atoms with E-state index in [1.54, 1.807) is 6.92 Å². The highest BCUT2D eigenvalue weighted by Crippen LogP contribution is 2.32. The molecule has 0 fully saturated rings. The first kappa shape index (κ1) is 15.6. The Morgan fingerprint density at radius 1 is 1.38 bits per heavy atom. The number of ketones is 1. The molecule has 0 saturated carbocycles. The Hall–Kier alpha value is -1.80. The molecule has 2 rings (SSSR count). The molecule has 1 aromatic carbocycles. The number of thiazole rings is 1. The third-order valence-corrected chi connectivity index (χ3v) is 3.72. The van der Waals surface area contributed by atoms with Crippen LogP contribution in [0.25, 0.3) is 0 Å². The number of carbonyl (C=O) groups excluding carboxylic acids is 1. The van der Waals surface area contributed by atoms with Crippen LogP contribution in [0.1, 0.15) is 39.6 Å². The van der Waals surface area contributed by atoms with E-state index in [-0.39, 0.29) is 17.3 Å². The molecule has 21 heavy (non-hydrogen) atoms. The van der Waals surface area contributed by atoms with Gasteiger partial charge in [0.2, 0.25) is 5.78 Å². The van der Waals surface area contributed by atoms with Crippen molar-refractivity contribution in [3.63, 3.8) is 0 Å². The number of carbonyl (C=O) groups is 1. The van der Waals surface area contributed by atoms with Crippen molar-refractivity contribution in [1.29, 1.82) is 0 Å². The van der Waals surface area contributed by atoms with E-state index in [9.17, 15) is 22.4 Å². The standard InChI is InChI=1S/C13H10F4N2OS/c1-6(18)12-19-10(5-21-12)11(20)7-2-3-9(14)8(4-7)13(15,16)17/h2-6H,18H2,1H3. The molecule has 0 aliphatic carbocycles. The lowest BCUT2D eigenvalue weighted by molar-refractivity contribution is -0.140. The lowest BCUT2D eigenvalue weighted by Crippen LogP contribution is -2.11. The second-order valence-corrected chi connectivity index (χ2v) is 5.27. The van der Waals surface area contributed by atoms with Crippen LogP contribution in [0.5, 0.6) is 0 Å². The van der Waals surface area contributed by atoms with Crippen molar-refractivity contribution in [2.24, 2.45) is 5.73 Å². The van der Waals surface area contributed by atoms with Crippen LogP contribution in [0, 0.1) is 5.82 Å². The number of hydrogen-bond acceptors (Lipinski definition) is 4. The lowest BCUT2D eigenvalue weighted by Gasteiger charge is -2.09. The van der Waals surface area contributed by atoms with Gasteiger partial charge in [-0.3, -0.25) is 4.79 Å². The van der Waals surface area contributed by atoms with Crippen molar-refractivity contribution in [3.8, 4) is 0 Å². The minimum atomic E-state index is -4.86. The van der Waals surface area contributed by atoms with Gasteiger partial charge in [-0.05, 0) is 25.1 Å². The summed E-state index contributed by atoms with van der Waals surface area (Å²) in [5.41, 5.74) is 3.85. The molecule has 0 aliphatic rings. The van der Waals surface area contributed by atoms with Gasteiger partial charge in [0.05, 0.1) is 11.6 Å². The number of nitrogens with zero attached hydrogens (tertiary/aromatic N) is 1. The molecule has 0 bridgehead atoms. The first-order chi connectivity index (χ1) is 9.70. The van der Waals surface area contributed by atoms with Crippen LogP contribution in [0.15, 0.2) is 23.6 Å². The molecular formula is C13H10F4N2OS. The van der Waals surface area contributed by atoms with Crippen molar-refractivity contribution in [2.45, 2.75) is 19.1 Å². The quantitative estimate of drug-likeness (QED) is 0.695. The van der Waals surface area contributed by atoms with E-state index < -0.39 is 23.3 Å². The van der Waals surface area contributed by atoms with Crippen LogP contribution >= 0.6 is 11.3 Å². The number of halogens is 4. The zero-order valence-electron chi connectivity index (χ0n) is 10.7. The fourth-order valence-electron chi connectivity index (χ4n) is 1.63. The Bertz CT molecular complexity index is 679. The predicted molar refractivity (Wildman–Crippen MR) is 69.6 cm³/mol. The zero-order chi connectivity index (χ0) is 15.8. The number of nitrogens with two attached hydrogens (primary N) is 1. The van der Waals surface area contributed by atoms with Crippen LogP contribution in [0.2, 0.25) is 0 Å². The van der Waals surface area contributed by atoms with E-state index in [4.69, 9.17) is 5.73 Å². The molecule has 0 aliphatic heterocycles. The average molecular weight is 318 g/mol. The van der Waals surface area contributed by atoms with E-state index in [1.165, 1.54) is 5.38 Å². The van der Waals surface area contributed by atoms with Crippen molar-refractivity contribution >= 4 is 17.1 Å². The Labute approximate surface area is 121 Å². The smallest absolute Gasteiger partial charge is 0.322 e. The summed E-state index contributed by atoms with van der Waals surface area (Å²) in [6.07, 6.45) is -4.86. The van der Waals surface area contributed by atoms with Crippen LogP contribution in [-0.2, 0) is 6.18 Å². The second-order valence-electron chi connectivity index (χ2n) is 4.38. The molecule has 0 amide bonds. The maximum Gasteiger partial charge on any atom is 0.419 e. The molecule has 2 aromatic rings. The van der Waals surface area contributed by atoms with Gasteiger partial charge in [-0.15, -0.1) is 11.3 Å². The highest BCUT2D eigenvalue weighted by molar-refractivity contribution is 7.09. The summed E-state index contributed by atoms with van der Waals surface area (Å²) in [6.45, 7) is 1.67. The van der Waals surface area contributed by atoms with Crippen LogP contribution in [0.3, 0.4) is 0 Å². The van der Waals surface area contributed by atoms with Crippen LogP contribution in [-0.4, -0.2) is 10.8 Å². The maximum atomic E-state index is 13.2. The summed E-state index contributed by atoms with van der Waals surface area (Å²) < 4.78 is 51.0. The number of rotatable bonds is 3. The van der Waals surface area contributed by atoms with Crippen molar-refractivity contribution in [1.82, 2.24) is 4.98 Å². The predicted octanol–water partition coefficient (Wildman–Crippen LogP) is 3.55. The third-order valence-electron chi connectivity index (χ3n) is 2.68. The van der Waals surface area contributed by atoms with Gasteiger partial charge in [-0.2, -0.15) is 13.2 Å². The fraction of sp³-hybridized carbons (Fsp3) is 0.231. The minimum absolute atomic E-state index is 0.00738. The summed E-state index contributed by atoms with van der Waals surface area (Å²) in [6, 6.07) is 1.73. The maximum absolute atomic E-state index is 13.2. The largest absolute Gasteiger partial charge is 0.419 e. The van der Waals surface area contributed by atoms with Crippen LogP contribution < -0.4 is 5.73 Å². The van der Waals surface area contributed by atoms with Gasteiger partial charge >= 0.3 is 6.18 Å². The molecular weight excluding hydrogens is 308 g/mol. The van der Waals surface area contributed by atoms with Gasteiger partial charge in [-0.25, -0.2) is 9.37 Å². The van der Waals surface area contributed by atoms with Gasteiger partial charge in [0.15, 0.2) is 0 Å². The molecule has 1 unspecified atom stereocenters. The first-order valence-electron chi connectivity index (χ1n) is 5.82. The number of hydrogen-bond donors (Lipinski definition) is 1. The number of aromatic nitrogens is 1. The molecule has 1 atom stereocenters. The van der Waals surface area contributed by atoms with E-state index in [0.717, 1.165) is 17.4 Å². The zero-order valence-corrected chi connectivity index (χ0v) is 11.6. The monoisotopic (exact) mass is 318 g/mol. The SMILES string of the molecule is CC(N)c1nc(C(=O)c2ccc(F)c(C(F)(F)F)c2)cs1. The summed E-state index contributed by atoms with van der Waals surface area (Å²) in [4.78, 5) is 16.1. The first-order valence-corrected chi connectivity index (χ1v) is 6.70. The molecule has 112 valence electrons. The second kappa shape index (κ2) is 5.53. The van der Waals surface area contributed by atoms with E-state index in [1.807, 2.05) is 0 Å². The highest BCUT2D eigenvalue weighted by atomic mass is 32.1. The molecule has 2 N–H and O–H groups in total. The number of benzene rings is 1. The topological polar surface area (TPSA) is 56.0 Å². The Morgan fingerprint density at radius 2 is 2.05 bits per heavy atom.